The molecule has 3 heterocycles. The summed E-state index contributed by atoms with van der Waals surface area (Å²) in [5, 5.41) is 0.958. The van der Waals surface area contributed by atoms with Gasteiger partial charge in [0.15, 0.2) is 5.78 Å². The van der Waals surface area contributed by atoms with Crippen LogP contribution in [0, 0.1) is 0 Å². The van der Waals surface area contributed by atoms with Gasteiger partial charge in [0.25, 0.3) is 0 Å². The lowest BCUT2D eigenvalue weighted by Gasteiger charge is -2.29. The number of ketones is 1. The molecular formula is C14H17N3OS. The topological polar surface area (TPSA) is 59.2 Å². The van der Waals surface area contributed by atoms with Gasteiger partial charge in [0.05, 0.1) is 21.6 Å². The smallest absolute Gasteiger partial charge is 0.171 e. The molecule has 0 saturated carbocycles. The van der Waals surface area contributed by atoms with Gasteiger partial charge in [-0.05, 0) is 25.3 Å². The summed E-state index contributed by atoms with van der Waals surface area (Å²) in [6.45, 7) is 3.68. The number of pyridine rings is 1. The molecule has 0 amide bonds. The zero-order valence-electron chi connectivity index (χ0n) is 11.0. The summed E-state index contributed by atoms with van der Waals surface area (Å²) in [5.41, 5.74) is 7.90. The molecule has 1 saturated heterocycles. The number of thiophene rings is 1. The van der Waals surface area contributed by atoms with Crippen molar-refractivity contribution < 1.29 is 4.79 Å². The van der Waals surface area contributed by atoms with Crippen LogP contribution in [0.25, 0.3) is 10.2 Å². The molecule has 100 valence electrons. The van der Waals surface area contributed by atoms with Gasteiger partial charge in [-0.2, -0.15) is 0 Å². The van der Waals surface area contributed by atoms with E-state index in [0.29, 0.717) is 10.6 Å². The Balaban J connectivity index is 2.16. The number of carbonyl (C=O) groups is 1. The number of nitrogens with two attached hydrogens (primary N) is 1. The quantitative estimate of drug-likeness (QED) is 0.856. The van der Waals surface area contributed by atoms with Crippen LogP contribution in [0.15, 0.2) is 12.3 Å². The van der Waals surface area contributed by atoms with Crippen molar-refractivity contribution in [2.75, 3.05) is 23.7 Å². The van der Waals surface area contributed by atoms with E-state index in [2.05, 4.69) is 9.88 Å². The number of Topliss-reactive ketones (excluding diaryl/α,β-unsaturated/α-hetero) is 1. The average Bonchev–Trinajstić information content (AvgIpc) is 2.78. The minimum atomic E-state index is 0.0186. The summed E-state index contributed by atoms with van der Waals surface area (Å²) >= 11 is 1.40. The van der Waals surface area contributed by atoms with Gasteiger partial charge in [0.2, 0.25) is 0 Å². The molecule has 0 aliphatic carbocycles. The molecule has 0 spiro atoms. The van der Waals surface area contributed by atoms with Crippen LogP contribution in [0.5, 0.6) is 0 Å². The minimum absolute atomic E-state index is 0.0186. The van der Waals surface area contributed by atoms with Crippen molar-refractivity contribution in [2.45, 2.75) is 26.2 Å². The first-order valence-electron chi connectivity index (χ1n) is 6.61. The first-order valence-corrected chi connectivity index (χ1v) is 7.43. The fraction of sp³-hybridized carbons (Fsp3) is 0.429. The van der Waals surface area contributed by atoms with Crippen LogP contribution in [0.1, 0.15) is 35.9 Å². The van der Waals surface area contributed by atoms with Crippen molar-refractivity contribution in [3.8, 4) is 0 Å². The lowest BCUT2D eigenvalue weighted by Crippen LogP contribution is -2.29. The first-order chi connectivity index (χ1) is 9.18. The van der Waals surface area contributed by atoms with Gasteiger partial charge in [0, 0.05) is 26.2 Å². The Morgan fingerprint density at radius 1 is 1.37 bits per heavy atom. The zero-order valence-corrected chi connectivity index (χ0v) is 11.8. The Bertz CT molecular complexity index is 629. The van der Waals surface area contributed by atoms with E-state index >= 15 is 0 Å². The molecule has 2 aromatic heterocycles. The number of piperidine rings is 1. The van der Waals surface area contributed by atoms with Gasteiger partial charge in [-0.3, -0.25) is 4.79 Å². The molecule has 2 N–H and O–H groups in total. The molecule has 0 aromatic carbocycles. The molecule has 2 aromatic rings. The van der Waals surface area contributed by atoms with Crippen LogP contribution in [0.4, 0.5) is 11.4 Å². The van der Waals surface area contributed by atoms with E-state index < -0.39 is 0 Å². The maximum atomic E-state index is 11.6. The van der Waals surface area contributed by atoms with E-state index in [1.165, 1.54) is 30.6 Å². The highest BCUT2D eigenvalue weighted by Gasteiger charge is 2.20. The predicted molar refractivity (Wildman–Crippen MR) is 80.1 cm³/mol. The molecule has 1 aliphatic rings. The third-order valence-electron chi connectivity index (χ3n) is 3.62. The molecule has 4 nitrogen and oxygen atoms in total. The average molecular weight is 275 g/mol. The maximum Gasteiger partial charge on any atom is 0.171 e. The number of fused-ring (bicyclic) bond motifs is 1. The lowest BCUT2D eigenvalue weighted by molar-refractivity contribution is 0.102. The second kappa shape index (κ2) is 4.81. The highest BCUT2D eigenvalue weighted by molar-refractivity contribution is 7.21. The van der Waals surface area contributed by atoms with E-state index in [1.807, 2.05) is 12.3 Å². The normalized spacial score (nSPS) is 15.9. The SMILES string of the molecule is CC(=O)c1sc2nccc(N3CCCCC3)c2c1N. The largest absolute Gasteiger partial charge is 0.397 e. The molecule has 0 unspecified atom stereocenters. The third kappa shape index (κ3) is 2.08. The van der Waals surface area contributed by atoms with Gasteiger partial charge in [-0.25, -0.2) is 4.98 Å². The molecule has 0 radical (unpaired) electrons. The van der Waals surface area contributed by atoms with Crippen molar-refractivity contribution in [3.63, 3.8) is 0 Å². The second-order valence-corrected chi connectivity index (χ2v) is 5.96. The van der Waals surface area contributed by atoms with E-state index in [9.17, 15) is 4.79 Å². The predicted octanol–water partition coefficient (Wildman–Crippen LogP) is 3.07. The van der Waals surface area contributed by atoms with E-state index in [0.717, 1.165) is 29.0 Å². The van der Waals surface area contributed by atoms with Crippen LogP contribution in [0.2, 0.25) is 0 Å². The Morgan fingerprint density at radius 2 is 2.11 bits per heavy atom. The molecule has 0 bridgehead atoms. The molecular weight excluding hydrogens is 258 g/mol. The fourth-order valence-corrected chi connectivity index (χ4v) is 3.67. The molecule has 1 fully saturated rings. The van der Waals surface area contributed by atoms with E-state index in [-0.39, 0.29) is 5.78 Å². The first kappa shape index (κ1) is 12.4. The number of aromatic nitrogens is 1. The molecule has 0 atom stereocenters. The maximum absolute atomic E-state index is 11.6. The zero-order chi connectivity index (χ0) is 13.4. The number of carbonyl (C=O) groups excluding carboxylic acids is 1. The van der Waals surface area contributed by atoms with Crippen LogP contribution < -0.4 is 10.6 Å². The van der Waals surface area contributed by atoms with Crippen molar-refractivity contribution in [2.24, 2.45) is 0 Å². The van der Waals surface area contributed by atoms with Crippen molar-refractivity contribution in [3.05, 3.63) is 17.1 Å². The summed E-state index contributed by atoms with van der Waals surface area (Å²) in [6.07, 6.45) is 5.54. The monoisotopic (exact) mass is 275 g/mol. The van der Waals surface area contributed by atoms with E-state index in [1.54, 1.807) is 6.92 Å². The van der Waals surface area contributed by atoms with Gasteiger partial charge < -0.3 is 10.6 Å². The molecule has 5 heteroatoms. The van der Waals surface area contributed by atoms with Crippen molar-refractivity contribution in [1.29, 1.82) is 0 Å². The molecule has 19 heavy (non-hydrogen) atoms. The minimum Gasteiger partial charge on any atom is -0.397 e. The Hall–Kier alpha value is -1.62. The Morgan fingerprint density at radius 3 is 2.79 bits per heavy atom. The number of hydrogen-bond donors (Lipinski definition) is 1. The Kier molecular flexibility index (Phi) is 3.14. The summed E-state index contributed by atoms with van der Waals surface area (Å²) < 4.78 is 0. The van der Waals surface area contributed by atoms with Gasteiger partial charge in [-0.15, -0.1) is 11.3 Å². The third-order valence-corrected chi connectivity index (χ3v) is 4.84. The summed E-state index contributed by atoms with van der Waals surface area (Å²) in [5.74, 6) is 0.0186. The second-order valence-electron chi connectivity index (χ2n) is 4.96. The number of rotatable bonds is 2. The van der Waals surface area contributed by atoms with Gasteiger partial charge in [0.1, 0.15) is 4.83 Å². The number of hydrogen-bond acceptors (Lipinski definition) is 5. The number of nitrogens with zero attached hydrogens (tertiary/aromatic N) is 2. The van der Waals surface area contributed by atoms with Gasteiger partial charge in [-0.1, -0.05) is 0 Å². The lowest BCUT2D eigenvalue weighted by atomic mass is 10.1. The summed E-state index contributed by atoms with van der Waals surface area (Å²) in [6, 6.07) is 2.01. The highest BCUT2D eigenvalue weighted by atomic mass is 32.1. The Labute approximate surface area is 116 Å². The van der Waals surface area contributed by atoms with Crippen LogP contribution in [0.3, 0.4) is 0 Å². The highest BCUT2D eigenvalue weighted by Crippen LogP contribution is 2.39. The van der Waals surface area contributed by atoms with Crippen molar-refractivity contribution in [1.82, 2.24) is 4.98 Å². The fourth-order valence-electron chi connectivity index (χ4n) is 2.69. The van der Waals surface area contributed by atoms with Crippen LogP contribution >= 0.6 is 11.3 Å². The van der Waals surface area contributed by atoms with E-state index in [4.69, 9.17) is 5.73 Å². The van der Waals surface area contributed by atoms with Crippen LogP contribution in [-0.2, 0) is 0 Å². The molecule has 3 rings (SSSR count). The standard InChI is InChI=1S/C14H17N3OS/c1-9(18)13-12(15)11-10(5-6-16-14(11)19-13)17-7-3-2-4-8-17/h5-6H,2-4,7-8,15H2,1H3. The van der Waals surface area contributed by atoms with Crippen LogP contribution in [-0.4, -0.2) is 23.9 Å². The number of nitrogen functional groups attached to an aromatic ring is 1. The van der Waals surface area contributed by atoms with Crippen molar-refractivity contribution >= 4 is 38.7 Å². The van der Waals surface area contributed by atoms with Gasteiger partial charge >= 0.3 is 0 Å². The number of anilines is 2. The molecule has 1 aliphatic heterocycles. The summed E-state index contributed by atoms with van der Waals surface area (Å²) in [4.78, 5) is 19.8. The summed E-state index contributed by atoms with van der Waals surface area (Å²) in [7, 11) is 0.